The predicted octanol–water partition coefficient (Wildman–Crippen LogP) is 2.56. The number of ether oxygens (including phenoxy) is 1. The predicted molar refractivity (Wildman–Crippen MR) is 71.3 cm³/mol. The van der Waals surface area contributed by atoms with Crippen LogP contribution in [0.25, 0.3) is 0 Å². The number of carbonyl (C=O) groups excluding carboxylic acids is 1. The van der Waals surface area contributed by atoms with Gasteiger partial charge in [-0.2, -0.15) is 0 Å². The third-order valence-corrected chi connectivity index (χ3v) is 4.60. The molecule has 3 aliphatic carbocycles. The molecule has 0 heterocycles. The maximum Gasteiger partial charge on any atom is 0.408 e. The van der Waals surface area contributed by atoms with E-state index in [0.717, 1.165) is 45.1 Å². The minimum atomic E-state index is -0.426. The first-order chi connectivity index (χ1) is 8.28. The summed E-state index contributed by atoms with van der Waals surface area (Å²) in [6, 6.07) is 0. The third kappa shape index (κ3) is 2.79. The van der Waals surface area contributed by atoms with Crippen molar-refractivity contribution in [3.8, 4) is 0 Å². The van der Waals surface area contributed by atoms with Gasteiger partial charge in [0, 0.05) is 5.54 Å². The smallest absolute Gasteiger partial charge is 0.408 e. The van der Waals surface area contributed by atoms with Crippen LogP contribution in [0.15, 0.2) is 0 Å². The van der Waals surface area contributed by atoms with Gasteiger partial charge in [-0.25, -0.2) is 4.79 Å². The number of nitrogens with one attached hydrogen (secondary N) is 1. The highest BCUT2D eigenvalue weighted by Crippen LogP contribution is 2.51. The van der Waals surface area contributed by atoms with Crippen molar-refractivity contribution in [2.75, 3.05) is 6.54 Å². The van der Waals surface area contributed by atoms with Gasteiger partial charge in [0.05, 0.1) is 0 Å². The maximum atomic E-state index is 11.9. The van der Waals surface area contributed by atoms with Gasteiger partial charge in [-0.05, 0) is 71.3 Å². The first-order valence-corrected chi connectivity index (χ1v) is 7.00. The van der Waals surface area contributed by atoms with Crippen LogP contribution in [0.4, 0.5) is 4.79 Å². The number of amides is 1. The van der Waals surface area contributed by atoms with Crippen molar-refractivity contribution in [3.63, 3.8) is 0 Å². The fraction of sp³-hybridized carbons (Fsp3) is 0.929. The average molecular weight is 254 g/mol. The second-order valence-electron chi connectivity index (χ2n) is 7.11. The largest absolute Gasteiger partial charge is 0.444 e. The first-order valence-electron chi connectivity index (χ1n) is 7.00. The van der Waals surface area contributed by atoms with Crippen LogP contribution in [-0.4, -0.2) is 23.8 Å². The Balaban J connectivity index is 1.93. The molecule has 2 bridgehead atoms. The second-order valence-corrected chi connectivity index (χ2v) is 7.11. The summed E-state index contributed by atoms with van der Waals surface area (Å²) in [6.45, 7) is 6.47. The molecule has 18 heavy (non-hydrogen) atoms. The SMILES string of the molecule is CC(C)(C)OC(=O)NC12CCC(CN)(CC1)CC2. The lowest BCUT2D eigenvalue weighted by Crippen LogP contribution is -2.58. The molecule has 0 unspecified atom stereocenters. The molecule has 3 N–H and O–H groups in total. The van der Waals surface area contributed by atoms with E-state index in [-0.39, 0.29) is 11.6 Å². The lowest BCUT2D eigenvalue weighted by molar-refractivity contribution is 0.00806. The van der Waals surface area contributed by atoms with Crippen molar-refractivity contribution in [1.82, 2.24) is 5.32 Å². The lowest BCUT2D eigenvalue weighted by Gasteiger charge is -2.53. The van der Waals surface area contributed by atoms with E-state index in [0.29, 0.717) is 5.41 Å². The standard InChI is InChI=1S/C14H26N2O2/c1-12(2,3)18-11(17)16-14-7-4-13(10-15,5-8-14)6-9-14/h4-10,15H2,1-3H3,(H,16,17). The van der Waals surface area contributed by atoms with Crippen LogP contribution >= 0.6 is 0 Å². The summed E-state index contributed by atoms with van der Waals surface area (Å²) in [4.78, 5) is 11.9. The van der Waals surface area contributed by atoms with Crippen molar-refractivity contribution in [2.45, 2.75) is 70.4 Å². The molecular formula is C14H26N2O2. The van der Waals surface area contributed by atoms with E-state index in [2.05, 4.69) is 5.32 Å². The second kappa shape index (κ2) is 4.41. The average Bonchev–Trinajstić information content (AvgIpc) is 2.28. The van der Waals surface area contributed by atoms with Crippen molar-refractivity contribution in [3.05, 3.63) is 0 Å². The van der Waals surface area contributed by atoms with Crippen molar-refractivity contribution < 1.29 is 9.53 Å². The number of hydrogen-bond acceptors (Lipinski definition) is 3. The zero-order valence-electron chi connectivity index (χ0n) is 11.8. The van der Waals surface area contributed by atoms with Crippen LogP contribution in [0.5, 0.6) is 0 Å². The van der Waals surface area contributed by atoms with E-state index in [1.165, 1.54) is 0 Å². The Kier molecular flexibility index (Phi) is 3.34. The Labute approximate surface area is 110 Å². The maximum absolute atomic E-state index is 11.9. The van der Waals surface area contributed by atoms with Crippen LogP contribution in [0, 0.1) is 5.41 Å². The summed E-state index contributed by atoms with van der Waals surface area (Å²) < 4.78 is 5.36. The topological polar surface area (TPSA) is 64.3 Å². The van der Waals surface area contributed by atoms with Gasteiger partial charge < -0.3 is 15.8 Å². The van der Waals surface area contributed by atoms with Crippen LogP contribution in [0.3, 0.4) is 0 Å². The molecule has 3 aliphatic rings. The number of rotatable bonds is 2. The van der Waals surface area contributed by atoms with Crippen LogP contribution < -0.4 is 11.1 Å². The van der Waals surface area contributed by atoms with Crippen LogP contribution in [0.2, 0.25) is 0 Å². The number of fused-ring (bicyclic) bond motifs is 3. The Morgan fingerprint density at radius 3 is 2.06 bits per heavy atom. The lowest BCUT2D eigenvalue weighted by atomic mass is 9.57. The molecule has 0 aromatic rings. The number of carbonyl (C=O) groups is 1. The minimum Gasteiger partial charge on any atom is -0.444 e. The summed E-state index contributed by atoms with van der Waals surface area (Å²) in [6.07, 6.45) is 6.28. The summed E-state index contributed by atoms with van der Waals surface area (Å²) >= 11 is 0. The van der Waals surface area contributed by atoms with Crippen molar-refractivity contribution in [1.29, 1.82) is 0 Å². The van der Waals surface area contributed by atoms with Gasteiger partial charge in [0.1, 0.15) is 5.60 Å². The van der Waals surface area contributed by atoms with Gasteiger partial charge in [0.2, 0.25) is 0 Å². The van der Waals surface area contributed by atoms with E-state index >= 15 is 0 Å². The van der Waals surface area contributed by atoms with Crippen LogP contribution in [-0.2, 0) is 4.74 Å². The Morgan fingerprint density at radius 2 is 1.67 bits per heavy atom. The molecule has 3 saturated carbocycles. The van der Waals surface area contributed by atoms with E-state index in [9.17, 15) is 4.79 Å². The summed E-state index contributed by atoms with van der Waals surface area (Å²) in [7, 11) is 0. The zero-order valence-corrected chi connectivity index (χ0v) is 11.8. The zero-order chi connectivity index (χ0) is 13.4. The molecule has 0 aliphatic heterocycles. The molecule has 4 heteroatoms. The van der Waals surface area contributed by atoms with E-state index in [4.69, 9.17) is 10.5 Å². The van der Waals surface area contributed by atoms with Gasteiger partial charge in [0.25, 0.3) is 0 Å². The van der Waals surface area contributed by atoms with Crippen molar-refractivity contribution >= 4 is 6.09 Å². The van der Waals surface area contributed by atoms with Gasteiger partial charge >= 0.3 is 6.09 Å². The van der Waals surface area contributed by atoms with E-state index in [1.54, 1.807) is 0 Å². The Hall–Kier alpha value is -0.770. The molecule has 104 valence electrons. The monoisotopic (exact) mass is 254 g/mol. The number of nitrogens with two attached hydrogens (primary N) is 1. The summed E-state index contributed by atoms with van der Waals surface area (Å²) in [5, 5.41) is 3.12. The highest BCUT2D eigenvalue weighted by molar-refractivity contribution is 5.68. The quantitative estimate of drug-likeness (QED) is 0.796. The number of hydrogen-bond donors (Lipinski definition) is 2. The molecule has 0 atom stereocenters. The molecule has 1 amide bonds. The Bertz CT molecular complexity index is 309. The molecule has 0 aromatic carbocycles. The van der Waals surface area contributed by atoms with Gasteiger partial charge in [-0.3, -0.25) is 0 Å². The van der Waals surface area contributed by atoms with Gasteiger partial charge in [-0.15, -0.1) is 0 Å². The first kappa shape index (κ1) is 13.7. The molecule has 0 spiro atoms. The minimum absolute atomic E-state index is 0.0285. The van der Waals surface area contributed by atoms with E-state index < -0.39 is 5.60 Å². The van der Waals surface area contributed by atoms with Crippen LogP contribution in [0.1, 0.15) is 59.3 Å². The number of alkyl carbamates (subject to hydrolysis) is 1. The Morgan fingerprint density at radius 1 is 1.17 bits per heavy atom. The van der Waals surface area contributed by atoms with Gasteiger partial charge in [0.15, 0.2) is 0 Å². The molecular weight excluding hydrogens is 228 g/mol. The van der Waals surface area contributed by atoms with E-state index in [1.807, 2.05) is 20.8 Å². The molecule has 4 nitrogen and oxygen atoms in total. The van der Waals surface area contributed by atoms with Gasteiger partial charge in [-0.1, -0.05) is 0 Å². The fourth-order valence-electron chi connectivity index (χ4n) is 3.28. The molecule has 3 fully saturated rings. The van der Waals surface area contributed by atoms with Crippen molar-refractivity contribution in [2.24, 2.45) is 11.1 Å². The molecule has 0 radical (unpaired) electrons. The third-order valence-electron chi connectivity index (χ3n) is 4.60. The normalized spacial score (nSPS) is 35.3. The summed E-state index contributed by atoms with van der Waals surface area (Å²) in [5.41, 5.74) is 5.79. The highest BCUT2D eigenvalue weighted by atomic mass is 16.6. The molecule has 0 saturated heterocycles. The highest BCUT2D eigenvalue weighted by Gasteiger charge is 2.48. The molecule has 3 rings (SSSR count). The molecule has 0 aromatic heterocycles. The summed E-state index contributed by atoms with van der Waals surface area (Å²) in [5.74, 6) is 0. The fourth-order valence-corrected chi connectivity index (χ4v) is 3.28.